The molecule has 3 amide bonds. The first-order chi connectivity index (χ1) is 12.0. The van der Waals surface area contributed by atoms with Crippen LogP contribution in [0.3, 0.4) is 0 Å². The molecule has 7 nitrogen and oxygen atoms in total. The lowest BCUT2D eigenvalue weighted by Gasteiger charge is -2.27. The van der Waals surface area contributed by atoms with Crippen molar-refractivity contribution in [3.8, 4) is 0 Å². The van der Waals surface area contributed by atoms with E-state index >= 15 is 0 Å². The van der Waals surface area contributed by atoms with Gasteiger partial charge in [0.15, 0.2) is 0 Å². The maximum absolute atomic E-state index is 12.6. The Morgan fingerprint density at radius 2 is 1.92 bits per heavy atom. The van der Waals surface area contributed by atoms with E-state index in [0.29, 0.717) is 23.1 Å². The fourth-order valence-electron chi connectivity index (χ4n) is 4.09. The van der Waals surface area contributed by atoms with E-state index in [2.05, 4.69) is 10.6 Å². The first-order valence-corrected chi connectivity index (χ1v) is 8.68. The first kappa shape index (κ1) is 17.4. The van der Waals surface area contributed by atoms with E-state index in [9.17, 15) is 14.4 Å². The van der Waals surface area contributed by atoms with Gasteiger partial charge in [-0.25, -0.2) is 0 Å². The summed E-state index contributed by atoms with van der Waals surface area (Å²) in [4.78, 5) is 35.4. The third kappa shape index (κ3) is 3.82. The summed E-state index contributed by atoms with van der Waals surface area (Å²) in [5.74, 6) is -0.154. The molecule has 6 N–H and O–H groups in total. The fourth-order valence-corrected chi connectivity index (χ4v) is 4.09. The number of nitrogens with two attached hydrogens (primary N) is 2. The number of primary amides is 1. The minimum absolute atomic E-state index is 0.0639. The Hall–Kier alpha value is -2.41. The molecule has 0 heterocycles. The van der Waals surface area contributed by atoms with Gasteiger partial charge in [0.1, 0.15) is 0 Å². The first-order valence-electron chi connectivity index (χ1n) is 8.68. The Morgan fingerprint density at radius 1 is 1.16 bits per heavy atom. The number of rotatable bonds is 6. The molecular weight excluding hydrogens is 320 g/mol. The van der Waals surface area contributed by atoms with Crippen molar-refractivity contribution in [2.45, 2.75) is 31.7 Å². The molecule has 7 heteroatoms. The van der Waals surface area contributed by atoms with Crippen LogP contribution < -0.4 is 22.1 Å². The molecule has 2 fully saturated rings. The summed E-state index contributed by atoms with van der Waals surface area (Å²) >= 11 is 0. The number of nitrogens with one attached hydrogen (secondary N) is 2. The lowest BCUT2D eigenvalue weighted by molar-refractivity contribution is -0.122. The molecule has 2 bridgehead atoms. The Balaban J connectivity index is 1.61. The number of fused-ring (bicyclic) bond motifs is 2. The molecule has 0 saturated heterocycles. The van der Waals surface area contributed by atoms with Crippen molar-refractivity contribution in [1.29, 1.82) is 0 Å². The molecule has 1 aromatic carbocycles. The van der Waals surface area contributed by atoms with E-state index in [1.54, 1.807) is 24.3 Å². The van der Waals surface area contributed by atoms with Gasteiger partial charge in [-0.3, -0.25) is 14.4 Å². The van der Waals surface area contributed by atoms with Crippen molar-refractivity contribution in [2.75, 3.05) is 11.9 Å². The Kier molecular flexibility index (Phi) is 5.03. The topological polar surface area (TPSA) is 127 Å². The summed E-state index contributed by atoms with van der Waals surface area (Å²) in [6.07, 6.45) is 3.32. The molecule has 1 aromatic rings. The number of amides is 3. The highest BCUT2D eigenvalue weighted by atomic mass is 16.2. The molecule has 0 aromatic heterocycles. The van der Waals surface area contributed by atoms with Crippen molar-refractivity contribution < 1.29 is 14.4 Å². The lowest BCUT2D eigenvalue weighted by Crippen LogP contribution is -2.42. The molecule has 2 aliphatic rings. The van der Waals surface area contributed by atoms with Gasteiger partial charge < -0.3 is 22.1 Å². The molecule has 4 unspecified atom stereocenters. The van der Waals surface area contributed by atoms with E-state index in [0.717, 1.165) is 19.3 Å². The standard InChI is InChI=1S/C18H24N4O3/c19-14(23)6-7-21-17(24)12-2-1-3-13(9-12)22-18(25)15-10-4-5-11(8-10)16(15)20/h1-3,9-11,15-16H,4-8,20H2,(H2,19,23)(H,21,24)(H,22,25). The monoisotopic (exact) mass is 344 g/mol. The minimum Gasteiger partial charge on any atom is -0.370 e. The normalized spacial score (nSPS) is 27.1. The van der Waals surface area contributed by atoms with E-state index in [1.165, 1.54) is 0 Å². The van der Waals surface area contributed by atoms with E-state index in [4.69, 9.17) is 11.5 Å². The van der Waals surface area contributed by atoms with Gasteiger partial charge in [-0.05, 0) is 49.3 Å². The zero-order chi connectivity index (χ0) is 18.0. The SMILES string of the molecule is NC(=O)CCNC(=O)c1cccc(NC(=O)C2C3CCC(C3)C2N)c1. The summed E-state index contributed by atoms with van der Waals surface area (Å²) in [5.41, 5.74) is 12.2. The molecule has 0 spiro atoms. The fraction of sp³-hybridized carbons (Fsp3) is 0.500. The van der Waals surface area contributed by atoms with Crippen LogP contribution in [0.5, 0.6) is 0 Å². The molecule has 2 saturated carbocycles. The lowest BCUT2D eigenvalue weighted by atomic mass is 9.84. The van der Waals surface area contributed by atoms with Crippen molar-refractivity contribution in [2.24, 2.45) is 29.2 Å². The van der Waals surface area contributed by atoms with Crippen LogP contribution in [0.2, 0.25) is 0 Å². The van der Waals surface area contributed by atoms with Crippen molar-refractivity contribution in [3.05, 3.63) is 29.8 Å². The number of hydrogen-bond acceptors (Lipinski definition) is 4. The van der Waals surface area contributed by atoms with Crippen LogP contribution in [-0.4, -0.2) is 30.3 Å². The zero-order valence-corrected chi connectivity index (χ0v) is 14.0. The molecule has 0 aliphatic heterocycles. The van der Waals surface area contributed by atoms with E-state index in [1.807, 2.05) is 0 Å². The van der Waals surface area contributed by atoms with E-state index < -0.39 is 5.91 Å². The van der Waals surface area contributed by atoms with Crippen LogP contribution in [0.1, 0.15) is 36.0 Å². The van der Waals surface area contributed by atoms with Gasteiger partial charge in [-0.1, -0.05) is 6.07 Å². The van der Waals surface area contributed by atoms with Gasteiger partial charge >= 0.3 is 0 Å². The van der Waals surface area contributed by atoms with Gasteiger partial charge in [-0.15, -0.1) is 0 Å². The molecular formula is C18H24N4O3. The van der Waals surface area contributed by atoms with Crippen LogP contribution in [0, 0.1) is 17.8 Å². The third-order valence-electron chi connectivity index (χ3n) is 5.33. The number of carbonyl (C=O) groups is 3. The quantitative estimate of drug-likeness (QED) is 0.602. The molecule has 134 valence electrons. The van der Waals surface area contributed by atoms with Gasteiger partial charge in [-0.2, -0.15) is 0 Å². The highest BCUT2D eigenvalue weighted by Gasteiger charge is 2.49. The highest BCUT2D eigenvalue weighted by Crippen LogP contribution is 2.47. The Labute approximate surface area is 146 Å². The van der Waals surface area contributed by atoms with Gasteiger partial charge in [0, 0.05) is 30.3 Å². The van der Waals surface area contributed by atoms with Crippen LogP contribution in [-0.2, 0) is 9.59 Å². The highest BCUT2D eigenvalue weighted by molar-refractivity contribution is 5.98. The van der Waals surface area contributed by atoms with E-state index in [-0.39, 0.29) is 36.7 Å². The van der Waals surface area contributed by atoms with Crippen molar-refractivity contribution in [3.63, 3.8) is 0 Å². The van der Waals surface area contributed by atoms with Gasteiger partial charge in [0.05, 0.1) is 5.92 Å². The summed E-state index contributed by atoms with van der Waals surface area (Å²) in [6.45, 7) is 0.185. The number of hydrogen-bond donors (Lipinski definition) is 4. The molecule has 3 rings (SSSR count). The van der Waals surface area contributed by atoms with Crippen LogP contribution in [0.15, 0.2) is 24.3 Å². The average molecular weight is 344 g/mol. The van der Waals surface area contributed by atoms with Gasteiger partial charge in [0.2, 0.25) is 11.8 Å². The molecule has 25 heavy (non-hydrogen) atoms. The number of benzene rings is 1. The average Bonchev–Trinajstić information content (AvgIpc) is 3.15. The molecule has 2 aliphatic carbocycles. The predicted octanol–water partition coefficient (Wildman–Crippen LogP) is 0.604. The number of carbonyl (C=O) groups excluding carboxylic acids is 3. The largest absolute Gasteiger partial charge is 0.370 e. The second kappa shape index (κ2) is 7.23. The Morgan fingerprint density at radius 3 is 2.60 bits per heavy atom. The molecule has 4 atom stereocenters. The second-order valence-corrected chi connectivity index (χ2v) is 6.98. The van der Waals surface area contributed by atoms with Crippen molar-refractivity contribution >= 4 is 23.4 Å². The minimum atomic E-state index is -0.469. The zero-order valence-electron chi connectivity index (χ0n) is 14.0. The third-order valence-corrected chi connectivity index (χ3v) is 5.33. The Bertz CT molecular complexity index is 689. The second-order valence-electron chi connectivity index (χ2n) is 6.98. The summed E-state index contributed by atoms with van der Waals surface area (Å²) < 4.78 is 0. The summed E-state index contributed by atoms with van der Waals surface area (Å²) in [7, 11) is 0. The van der Waals surface area contributed by atoms with Crippen molar-refractivity contribution in [1.82, 2.24) is 5.32 Å². The maximum Gasteiger partial charge on any atom is 0.251 e. The van der Waals surface area contributed by atoms with Crippen LogP contribution in [0.25, 0.3) is 0 Å². The summed E-state index contributed by atoms with van der Waals surface area (Å²) in [6, 6.07) is 6.66. The van der Waals surface area contributed by atoms with Gasteiger partial charge in [0.25, 0.3) is 5.91 Å². The maximum atomic E-state index is 12.6. The predicted molar refractivity (Wildman–Crippen MR) is 93.5 cm³/mol. The smallest absolute Gasteiger partial charge is 0.251 e. The van der Waals surface area contributed by atoms with Crippen LogP contribution >= 0.6 is 0 Å². The summed E-state index contributed by atoms with van der Waals surface area (Å²) in [5, 5.41) is 5.52. The van der Waals surface area contributed by atoms with Crippen LogP contribution in [0.4, 0.5) is 5.69 Å². The molecule has 0 radical (unpaired) electrons. The number of anilines is 1.